The number of nitrogens with one attached hydrogen (secondary N) is 2. The van der Waals surface area contributed by atoms with Gasteiger partial charge in [0.25, 0.3) is 5.91 Å². The Morgan fingerprint density at radius 3 is 2.77 bits per heavy atom. The zero-order chi connectivity index (χ0) is 21.3. The number of rotatable bonds is 5. The Hall–Kier alpha value is -3.26. The lowest BCUT2D eigenvalue weighted by molar-refractivity contribution is -0.137. The van der Waals surface area contributed by atoms with Gasteiger partial charge in [-0.1, -0.05) is 29.8 Å². The number of nitrogens with zero attached hydrogens (tertiary/aromatic N) is 2. The number of halogens is 4. The van der Waals surface area contributed by atoms with E-state index < -0.39 is 11.7 Å². The molecule has 5 nitrogen and oxygen atoms in total. The fraction of sp³-hybridized carbons (Fsp3) is 0.143. The minimum absolute atomic E-state index is 0.0523. The van der Waals surface area contributed by atoms with Crippen LogP contribution >= 0.6 is 11.6 Å². The number of aromatic nitrogens is 3. The first-order chi connectivity index (χ1) is 14.3. The van der Waals surface area contributed by atoms with Crippen LogP contribution < -0.4 is 5.32 Å². The maximum Gasteiger partial charge on any atom is 0.417 e. The largest absolute Gasteiger partial charge is 0.417 e. The van der Waals surface area contributed by atoms with Crippen LogP contribution in [-0.4, -0.2) is 27.0 Å². The van der Waals surface area contributed by atoms with Crippen molar-refractivity contribution in [1.29, 1.82) is 0 Å². The van der Waals surface area contributed by atoms with Crippen molar-refractivity contribution < 1.29 is 18.0 Å². The Morgan fingerprint density at radius 1 is 1.20 bits per heavy atom. The standard InChI is InChI=1S/C21H16ClF3N4O/c22-16-10-14(21(23,24)25)12-28-19(16)29-9-3-6-18(29)20(30)26-8-7-13-11-27-17-5-2-1-4-15(13)17/h1-6,9-12,27H,7-8H2,(H,26,30). The van der Waals surface area contributed by atoms with E-state index in [0.29, 0.717) is 19.2 Å². The smallest absolute Gasteiger partial charge is 0.361 e. The van der Waals surface area contributed by atoms with Crippen LogP contribution in [0.3, 0.4) is 0 Å². The molecule has 0 aliphatic rings. The molecule has 0 bridgehead atoms. The molecule has 9 heteroatoms. The van der Waals surface area contributed by atoms with Gasteiger partial charge in [-0.2, -0.15) is 13.2 Å². The van der Waals surface area contributed by atoms with E-state index in [1.54, 1.807) is 12.1 Å². The molecule has 4 rings (SSSR count). The number of carbonyl (C=O) groups is 1. The Morgan fingerprint density at radius 2 is 2.00 bits per heavy atom. The van der Waals surface area contributed by atoms with Gasteiger partial charge in [-0.15, -0.1) is 0 Å². The van der Waals surface area contributed by atoms with Crippen LogP contribution in [-0.2, 0) is 12.6 Å². The van der Waals surface area contributed by atoms with Crippen molar-refractivity contribution in [3.63, 3.8) is 0 Å². The summed E-state index contributed by atoms with van der Waals surface area (Å²) in [7, 11) is 0. The normalized spacial score (nSPS) is 11.7. The first kappa shape index (κ1) is 20.0. The van der Waals surface area contributed by atoms with Gasteiger partial charge in [-0.3, -0.25) is 9.36 Å². The Bertz CT molecular complexity index is 1210. The lowest BCUT2D eigenvalue weighted by Gasteiger charge is -2.12. The number of para-hydroxylation sites is 1. The topological polar surface area (TPSA) is 62.7 Å². The van der Waals surface area contributed by atoms with Gasteiger partial charge in [0.1, 0.15) is 5.69 Å². The summed E-state index contributed by atoms with van der Waals surface area (Å²) in [4.78, 5) is 19.6. The van der Waals surface area contributed by atoms with Crippen LogP contribution in [0.1, 0.15) is 21.6 Å². The van der Waals surface area contributed by atoms with E-state index in [1.165, 1.54) is 10.8 Å². The fourth-order valence-electron chi connectivity index (χ4n) is 3.25. The van der Waals surface area contributed by atoms with E-state index >= 15 is 0 Å². The fourth-order valence-corrected chi connectivity index (χ4v) is 3.51. The third-order valence-corrected chi connectivity index (χ3v) is 4.99. The zero-order valence-corrected chi connectivity index (χ0v) is 16.3. The maximum absolute atomic E-state index is 12.8. The van der Waals surface area contributed by atoms with Crippen LogP contribution in [0.25, 0.3) is 16.7 Å². The molecule has 1 amide bonds. The van der Waals surface area contributed by atoms with Crippen molar-refractivity contribution in [3.05, 3.63) is 82.9 Å². The number of carbonyl (C=O) groups excluding carboxylic acids is 1. The Kier molecular flexibility index (Phi) is 5.26. The molecule has 0 spiro atoms. The number of H-pyrrole nitrogens is 1. The van der Waals surface area contributed by atoms with E-state index in [2.05, 4.69) is 15.3 Å². The highest BCUT2D eigenvalue weighted by molar-refractivity contribution is 6.32. The van der Waals surface area contributed by atoms with Gasteiger partial charge in [-0.25, -0.2) is 4.98 Å². The predicted octanol–water partition coefficient (Wildman–Crippen LogP) is 5.00. The van der Waals surface area contributed by atoms with Gasteiger partial charge in [0, 0.05) is 36.0 Å². The summed E-state index contributed by atoms with van der Waals surface area (Å²) in [5, 5.41) is 3.72. The average molecular weight is 433 g/mol. The molecular weight excluding hydrogens is 417 g/mol. The summed E-state index contributed by atoms with van der Waals surface area (Å²) >= 11 is 6.01. The number of aromatic amines is 1. The van der Waals surface area contributed by atoms with Crippen LogP contribution in [0.4, 0.5) is 13.2 Å². The lowest BCUT2D eigenvalue weighted by atomic mass is 10.1. The van der Waals surface area contributed by atoms with Crippen molar-refractivity contribution in [2.45, 2.75) is 12.6 Å². The molecule has 2 N–H and O–H groups in total. The van der Waals surface area contributed by atoms with Gasteiger partial charge in [0.05, 0.1) is 10.6 Å². The van der Waals surface area contributed by atoms with Gasteiger partial charge < -0.3 is 10.3 Å². The molecule has 0 aliphatic carbocycles. The number of alkyl halides is 3. The molecule has 1 aromatic carbocycles. The molecule has 0 saturated carbocycles. The summed E-state index contributed by atoms with van der Waals surface area (Å²) in [6, 6.07) is 11.8. The Labute approximate surface area is 174 Å². The summed E-state index contributed by atoms with van der Waals surface area (Å²) in [5.41, 5.74) is 1.38. The summed E-state index contributed by atoms with van der Waals surface area (Å²) in [5.74, 6) is -0.325. The first-order valence-corrected chi connectivity index (χ1v) is 9.46. The van der Waals surface area contributed by atoms with E-state index in [4.69, 9.17) is 11.6 Å². The van der Waals surface area contributed by atoms with Gasteiger partial charge in [0.15, 0.2) is 5.82 Å². The number of hydrogen-bond donors (Lipinski definition) is 2. The minimum Gasteiger partial charge on any atom is -0.361 e. The third-order valence-electron chi connectivity index (χ3n) is 4.71. The molecule has 3 aromatic heterocycles. The SMILES string of the molecule is O=C(NCCc1c[nH]c2ccccc12)c1cccn1-c1ncc(C(F)(F)F)cc1Cl. The van der Waals surface area contributed by atoms with Crippen LogP contribution in [0.2, 0.25) is 5.02 Å². The number of fused-ring (bicyclic) bond motifs is 1. The van der Waals surface area contributed by atoms with E-state index in [9.17, 15) is 18.0 Å². The van der Waals surface area contributed by atoms with E-state index in [-0.39, 0.29) is 22.4 Å². The van der Waals surface area contributed by atoms with Crippen LogP contribution in [0.5, 0.6) is 0 Å². The van der Waals surface area contributed by atoms with Crippen molar-refractivity contribution in [1.82, 2.24) is 19.9 Å². The molecule has 0 aliphatic heterocycles. The van der Waals surface area contributed by atoms with E-state index in [0.717, 1.165) is 22.5 Å². The predicted molar refractivity (Wildman–Crippen MR) is 108 cm³/mol. The lowest BCUT2D eigenvalue weighted by Crippen LogP contribution is -2.27. The summed E-state index contributed by atoms with van der Waals surface area (Å²) in [6.45, 7) is 0.389. The second-order valence-electron chi connectivity index (χ2n) is 6.66. The number of benzene rings is 1. The van der Waals surface area contributed by atoms with Crippen LogP contribution in [0, 0.1) is 0 Å². The summed E-state index contributed by atoms with van der Waals surface area (Å²) < 4.78 is 39.9. The second-order valence-corrected chi connectivity index (χ2v) is 7.06. The molecule has 0 atom stereocenters. The molecule has 154 valence electrons. The quantitative estimate of drug-likeness (QED) is 0.466. The molecule has 0 unspecified atom stereocenters. The monoisotopic (exact) mass is 432 g/mol. The first-order valence-electron chi connectivity index (χ1n) is 9.08. The van der Waals surface area contributed by atoms with Crippen molar-refractivity contribution in [2.24, 2.45) is 0 Å². The summed E-state index contributed by atoms with van der Waals surface area (Å²) in [6.07, 6.45) is 0.200. The second kappa shape index (κ2) is 7.87. The van der Waals surface area contributed by atoms with Gasteiger partial charge in [-0.05, 0) is 36.2 Å². The number of pyridine rings is 1. The maximum atomic E-state index is 12.8. The highest BCUT2D eigenvalue weighted by Gasteiger charge is 2.32. The molecule has 0 fully saturated rings. The van der Waals surface area contributed by atoms with Gasteiger partial charge >= 0.3 is 6.18 Å². The highest BCUT2D eigenvalue weighted by atomic mass is 35.5. The minimum atomic E-state index is -4.55. The zero-order valence-electron chi connectivity index (χ0n) is 15.5. The molecule has 0 saturated heterocycles. The number of amides is 1. The van der Waals surface area contributed by atoms with E-state index in [1.807, 2.05) is 30.5 Å². The average Bonchev–Trinajstić information content (AvgIpc) is 3.35. The molecule has 0 radical (unpaired) electrons. The van der Waals surface area contributed by atoms with Crippen molar-refractivity contribution in [3.8, 4) is 5.82 Å². The molecule has 30 heavy (non-hydrogen) atoms. The highest BCUT2D eigenvalue weighted by Crippen LogP contribution is 2.32. The van der Waals surface area contributed by atoms with Crippen molar-refractivity contribution in [2.75, 3.05) is 6.54 Å². The molecule has 4 aromatic rings. The molecular formula is C21H16ClF3N4O. The molecule has 3 heterocycles. The van der Waals surface area contributed by atoms with Crippen molar-refractivity contribution >= 4 is 28.4 Å². The Balaban J connectivity index is 1.48. The van der Waals surface area contributed by atoms with Crippen LogP contribution in [0.15, 0.2) is 61.1 Å². The third kappa shape index (κ3) is 3.91. The van der Waals surface area contributed by atoms with Gasteiger partial charge in [0.2, 0.25) is 0 Å². The number of hydrogen-bond acceptors (Lipinski definition) is 2.